The van der Waals surface area contributed by atoms with E-state index >= 15 is 0 Å². The number of nitrogens with zero attached hydrogens (tertiary/aromatic N) is 1. The van der Waals surface area contributed by atoms with E-state index in [2.05, 4.69) is 24.1 Å². The predicted octanol–water partition coefficient (Wildman–Crippen LogP) is 4.29. The normalized spacial score (nSPS) is 10.7. The minimum Gasteiger partial charge on any atom is -0.497 e. The Kier molecular flexibility index (Phi) is 5.44. The highest BCUT2D eigenvalue weighted by molar-refractivity contribution is 7.14. The Morgan fingerprint density at radius 2 is 2.05 bits per heavy atom. The van der Waals surface area contributed by atoms with Crippen LogP contribution in [0.5, 0.6) is 11.5 Å². The van der Waals surface area contributed by atoms with Gasteiger partial charge in [0.1, 0.15) is 11.5 Å². The molecule has 0 bridgehead atoms. The first-order chi connectivity index (χ1) is 10.1. The van der Waals surface area contributed by atoms with Crippen LogP contribution >= 0.6 is 11.3 Å². The van der Waals surface area contributed by atoms with Crippen LogP contribution < -0.4 is 14.8 Å². The predicted molar refractivity (Wildman–Crippen MR) is 88.6 cm³/mol. The summed E-state index contributed by atoms with van der Waals surface area (Å²) in [6.07, 6.45) is 1.14. The summed E-state index contributed by atoms with van der Waals surface area (Å²) in [6, 6.07) is 5.77. The molecule has 21 heavy (non-hydrogen) atoms. The van der Waals surface area contributed by atoms with Gasteiger partial charge in [0.05, 0.1) is 19.9 Å². The van der Waals surface area contributed by atoms with Crippen LogP contribution in [0.4, 0.5) is 5.13 Å². The van der Waals surface area contributed by atoms with Gasteiger partial charge in [0.25, 0.3) is 0 Å². The van der Waals surface area contributed by atoms with Gasteiger partial charge in [-0.25, -0.2) is 4.98 Å². The first-order valence-corrected chi connectivity index (χ1v) is 7.93. The molecule has 4 nitrogen and oxygen atoms in total. The van der Waals surface area contributed by atoms with Crippen LogP contribution in [0, 0.1) is 5.92 Å². The largest absolute Gasteiger partial charge is 0.497 e. The lowest BCUT2D eigenvalue weighted by atomic mass is 10.1. The standard InChI is InChI=1S/C16H22N2O2S/c1-11(2)7-8-17-16-18-14(10-21-16)13-6-5-12(19-3)9-15(13)20-4/h5-6,9-11H,7-8H2,1-4H3,(H,17,18). The van der Waals surface area contributed by atoms with Crippen molar-refractivity contribution in [2.75, 3.05) is 26.1 Å². The molecule has 0 spiro atoms. The van der Waals surface area contributed by atoms with E-state index in [-0.39, 0.29) is 0 Å². The number of anilines is 1. The van der Waals surface area contributed by atoms with E-state index < -0.39 is 0 Å². The summed E-state index contributed by atoms with van der Waals surface area (Å²) in [5.74, 6) is 2.24. The molecule has 0 saturated heterocycles. The van der Waals surface area contributed by atoms with Crippen LogP contribution in [0.3, 0.4) is 0 Å². The second-order valence-electron chi connectivity index (χ2n) is 5.21. The Hall–Kier alpha value is -1.75. The van der Waals surface area contributed by atoms with Gasteiger partial charge in [0, 0.05) is 23.6 Å². The molecule has 0 unspecified atom stereocenters. The van der Waals surface area contributed by atoms with E-state index in [0.717, 1.165) is 40.9 Å². The van der Waals surface area contributed by atoms with Gasteiger partial charge >= 0.3 is 0 Å². The van der Waals surface area contributed by atoms with Crippen LogP contribution in [0.15, 0.2) is 23.6 Å². The van der Waals surface area contributed by atoms with Gasteiger partial charge in [-0.3, -0.25) is 0 Å². The second kappa shape index (κ2) is 7.31. The lowest BCUT2D eigenvalue weighted by Crippen LogP contribution is -2.04. The van der Waals surface area contributed by atoms with E-state index in [1.165, 1.54) is 0 Å². The lowest BCUT2D eigenvalue weighted by Gasteiger charge is -2.08. The Bertz CT molecular complexity index is 581. The summed E-state index contributed by atoms with van der Waals surface area (Å²) in [6.45, 7) is 5.39. The first kappa shape index (κ1) is 15.6. The van der Waals surface area contributed by atoms with Gasteiger partial charge in [-0.1, -0.05) is 13.8 Å². The van der Waals surface area contributed by atoms with Crippen molar-refractivity contribution < 1.29 is 9.47 Å². The van der Waals surface area contributed by atoms with Gasteiger partial charge in [-0.2, -0.15) is 0 Å². The first-order valence-electron chi connectivity index (χ1n) is 7.05. The summed E-state index contributed by atoms with van der Waals surface area (Å²) in [4.78, 5) is 4.63. The van der Waals surface area contributed by atoms with E-state index in [9.17, 15) is 0 Å². The molecule has 0 atom stereocenters. The number of hydrogen-bond acceptors (Lipinski definition) is 5. The van der Waals surface area contributed by atoms with Crippen molar-refractivity contribution >= 4 is 16.5 Å². The molecule has 0 radical (unpaired) electrons. The SMILES string of the molecule is COc1ccc(-c2csc(NCCC(C)C)n2)c(OC)c1. The van der Waals surface area contributed by atoms with E-state index in [1.807, 2.05) is 23.6 Å². The minimum absolute atomic E-state index is 0.693. The summed E-state index contributed by atoms with van der Waals surface area (Å²) >= 11 is 1.62. The number of hydrogen-bond donors (Lipinski definition) is 1. The third-order valence-electron chi connectivity index (χ3n) is 3.19. The molecule has 0 fully saturated rings. The number of rotatable bonds is 7. The van der Waals surface area contributed by atoms with Crippen LogP contribution in [0.2, 0.25) is 0 Å². The van der Waals surface area contributed by atoms with Gasteiger partial charge in [0.2, 0.25) is 0 Å². The topological polar surface area (TPSA) is 43.4 Å². The number of ether oxygens (including phenoxy) is 2. The molecule has 114 valence electrons. The average Bonchev–Trinajstić information content (AvgIpc) is 2.94. The Morgan fingerprint density at radius 3 is 2.71 bits per heavy atom. The molecule has 5 heteroatoms. The number of benzene rings is 1. The molecule has 2 aromatic rings. The van der Waals surface area contributed by atoms with Crippen molar-refractivity contribution in [2.45, 2.75) is 20.3 Å². The van der Waals surface area contributed by atoms with Gasteiger partial charge in [-0.15, -0.1) is 11.3 Å². The number of thiazole rings is 1. The summed E-state index contributed by atoms with van der Waals surface area (Å²) in [7, 11) is 3.31. The van der Waals surface area contributed by atoms with Crippen molar-refractivity contribution in [1.82, 2.24) is 4.98 Å². The van der Waals surface area contributed by atoms with Crippen molar-refractivity contribution in [3.63, 3.8) is 0 Å². The number of methoxy groups -OCH3 is 2. The van der Waals surface area contributed by atoms with E-state index in [1.54, 1.807) is 25.6 Å². The van der Waals surface area contributed by atoms with Crippen molar-refractivity contribution in [3.05, 3.63) is 23.6 Å². The van der Waals surface area contributed by atoms with Gasteiger partial charge in [0.15, 0.2) is 5.13 Å². The molecule has 1 aromatic carbocycles. The van der Waals surface area contributed by atoms with Crippen LogP contribution in [0.25, 0.3) is 11.3 Å². The fraction of sp³-hybridized carbons (Fsp3) is 0.438. The fourth-order valence-electron chi connectivity index (χ4n) is 1.96. The maximum atomic E-state index is 5.43. The van der Waals surface area contributed by atoms with Gasteiger partial charge < -0.3 is 14.8 Å². The smallest absolute Gasteiger partial charge is 0.183 e. The molecular formula is C16H22N2O2S. The van der Waals surface area contributed by atoms with Crippen LogP contribution in [-0.2, 0) is 0 Å². The number of nitrogens with one attached hydrogen (secondary N) is 1. The van der Waals surface area contributed by atoms with E-state index in [0.29, 0.717) is 5.92 Å². The molecule has 0 saturated carbocycles. The summed E-state index contributed by atoms with van der Waals surface area (Å²) in [5, 5.41) is 6.36. The Balaban J connectivity index is 2.13. The molecule has 0 aliphatic heterocycles. The molecule has 0 aliphatic carbocycles. The molecule has 0 aliphatic rings. The fourth-order valence-corrected chi connectivity index (χ4v) is 2.70. The van der Waals surface area contributed by atoms with Crippen LogP contribution in [0.1, 0.15) is 20.3 Å². The summed E-state index contributed by atoms with van der Waals surface area (Å²) < 4.78 is 10.6. The third-order valence-corrected chi connectivity index (χ3v) is 3.99. The van der Waals surface area contributed by atoms with Crippen molar-refractivity contribution in [2.24, 2.45) is 5.92 Å². The van der Waals surface area contributed by atoms with Gasteiger partial charge in [-0.05, 0) is 24.5 Å². The number of aromatic nitrogens is 1. The molecule has 2 rings (SSSR count). The average molecular weight is 306 g/mol. The zero-order valence-electron chi connectivity index (χ0n) is 13.0. The molecule has 1 N–H and O–H groups in total. The molecular weight excluding hydrogens is 284 g/mol. The van der Waals surface area contributed by atoms with Crippen molar-refractivity contribution in [1.29, 1.82) is 0 Å². The van der Waals surface area contributed by atoms with E-state index in [4.69, 9.17) is 9.47 Å². The molecule has 0 amide bonds. The zero-order valence-corrected chi connectivity index (χ0v) is 13.8. The lowest BCUT2D eigenvalue weighted by molar-refractivity contribution is 0.395. The highest BCUT2D eigenvalue weighted by Crippen LogP contribution is 2.34. The van der Waals surface area contributed by atoms with Crippen LogP contribution in [-0.4, -0.2) is 25.7 Å². The maximum absolute atomic E-state index is 5.43. The quantitative estimate of drug-likeness (QED) is 0.829. The van der Waals surface area contributed by atoms with Crippen molar-refractivity contribution in [3.8, 4) is 22.8 Å². The molecule has 1 heterocycles. The highest BCUT2D eigenvalue weighted by atomic mass is 32.1. The summed E-state index contributed by atoms with van der Waals surface area (Å²) in [5.41, 5.74) is 1.90. The maximum Gasteiger partial charge on any atom is 0.183 e. The third kappa shape index (κ3) is 4.11. The zero-order chi connectivity index (χ0) is 15.2. The Labute approximate surface area is 130 Å². The molecule has 1 aromatic heterocycles. The minimum atomic E-state index is 0.693. The highest BCUT2D eigenvalue weighted by Gasteiger charge is 2.11. The second-order valence-corrected chi connectivity index (χ2v) is 6.07. The Morgan fingerprint density at radius 1 is 1.24 bits per heavy atom. The monoisotopic (exact) mass is 306 g/mol.